The van der Waals surface area contributed by atoms with Crippen LogP contribution in [-0.4, -0.2) is 51.5 Å². The van der Waals surface area contributed by atoms with E-state index in [2.05, 4.69) is 20.1 Å². The van der Waals surface area contributed by atoms with Crippen LogP contribution in [0.5, 0.6) is 0 Å². The Hall–Kier alpha value is -4.08. The van der Waals surface area contributed by atoms with E-state index in [4.69, 9.17) is 30.0 Å². The van der Waals surface area contributed by atoms with Gasteiger partial charge in [0.25, 0.3) is 0 Å². The van der Waals surface area contributed by atoms with E-state index in [1.165, 1.54) is 14.2 Å². The van der Waals surface area contributed by atoms with Crippen molar-refractivity contribution in [2.75, 3.05) is 27.4 Å². The summed E-state index contributed by atoms with van der Waals surface area (Å²) in [5.41, 5.74) is 19.0. The van der Waals surface area contributed by atoms with Crippen molar-refractivity contribution < 1.29 is 28.5 Å². The van der Waals surface area contributed by atoms with Crippen LogP contribution in [0.3, 0.4) is 0 Å². The van der Waals surface area contributed by atoms with Crippen molar-refractivity contribution in [2.45, 2.75) is 24.3 Å². The Morgan fingerprint density at radius 2 is 1.09 bits per heavy atom. The number of carbonyl (C=O) groups is 2. The second kappa shape index (κ2) is 14.1. The van der Waals surface area contributed by atoms with Crippen molar-refractivity contribution >= 4 is 11.9 Å². The number of benzene rings is 2. The number of methoxy groups -OCH3 is 2. The molecule has 2 aromatic rings. The lowest BCUT2D eigenvalue weighted by Crippen LogP contribution is -2.34. The Labute approximate surface area is 195 Å². The molecule has 0 aliphatic rings. The molecule has 0 saturated heterocycles. The summed E-state index contributed by atoms with van der Waals surface area (Å²) in [5.74, 6) is -1.46. The van der Waals surface area contributed by atoms with Crippen LogP contribution in [0.25, 0.3) is 20.9 Å². The highest BCUT2D eigenvalue weighted by Crippen LogP contribution is 2.20. The van der Waals surface area contributed by atoms with Crippen LogP contribution in [0.15, 0.2) is 70.9 Å². The van der Waals surface area contributed by atoms with Crippen LogP contribution >= 0.6 is 0 Å². The van der Waals surface area contributed by atoms with Gasteiger partial charge in [0.15, 0.2) is 12.2 Å². The first-order valence-electron chi connectivity index (χ1n) is 10.1. The van der Waals surface area contributed by atoms with Gasteiger partial charge in [-0.05, 0) is 22.2 Å². The lowest BCUT2D eigenvalue weighted by atomic mass is 10.1. The fourth-order valence-electron chi connectivity index (χ4n) is 3.05. The quantitative estimate of drug-likeness (QED) is 0.184. The van der Waals surface area contributed by atoms with Gasteiger partial charge in [-0.3, -0.25) is 0 Å². The molecule has 0 saturated carbocycles. The van der Waals surface area contributed by atoms with Crippen molar-refractivity contribution in [1.29, 1.82) is 0 Å². The number of carbonyl (C=O) groups excluding carboxylic acids is 2. The van der Waals surface area contributed by atoms with Crippen LogP contribution in [-0.2, 0) is 28.5 Å². The maximum atomic E-state index is 12.5. The van der Waals surface area contributed by atoms with Gasteiger partial charge in [0, 0.05) is 24.0 Å². The number of hydrogen-bond donors (Lipinski definition) is 0. The Balaban J connectivity index is 2.06. The summed E-state index contributed by atoms with van der Waals surface area (Å²) < 4.78 is 20.9. The van der Waals surface area contributed by atoms with Crippen LogP contribution in [0.1, 0.15) is 23.3 Å². The van der Waals surface area contributed by atoms with Crippen LogP contribution in [0.4, 0.5) is 0 Å². The molecule has 12 heteroatoms. The van der Waals surface area contributed by atoms with E-state index in [1.807, 2.05) is 0 Å². The number of esters is 2. The molecule has 2 rings (SSSR count). The maximum absolute atomic E-state index is 12.5. The normalized spacial score (nSPS) is 13.8. The molecule has 12 nitrogen and oxygen atoms in total. The zero-order valence-electron chi connectivity index (χ0n) is 18.6. The van der Waals surface area contributed by atoms with Gasteiger partial charge in [0.2, 0.25) is 0 Å². The van der Waals surface area contributed by atoms with E-state index in [1.54, 1.807) is 60.7 Å². The second-order valence-electron chi connectivity index (χ2n) is 6.86. The van der Waals surface area contributed by atoms with Gasteiger partial charge >= 0.3 is 11.9 Å². The summed E-state index contributed by atoms with van der Waals surface area (Å²) in [6.45, 7) is -0.855. The van der Waals surface area contributed by atoms with Crippen LogP contribution < -0.4 is 0 Å². The molecule has 0 heterocycles. The monoisotopic (exact) mass is 468 g/mol. The third-order valence-corrected chi connectivity index (χ3v) is 4.74. The fraction of sp³-hybridized carbons (Fsp3) is 0.364. The van der Waals surface area contributed by atoms with Crippen molar-refractivity contribution in [3.05, 3.63) is 92.7 Å². The molecule has 0 amide bonds. The van der Waals surface area contributed by atoms with Gasteiger partial charge in [0.1, 0.15) is 13.2 Å². The molecule has 4 atom stereocenters. The molecule has 0 aromatic heterocycles. The van der Waals surface area contributed by atoms with Crippen molar-refractivity contribution in [3.63, 3.8) is 0 Å². The van der Waals surface area contributed by atoms with Crippen molar-refractivity contribution in [1.82, 2.24) is 0 Å². The highest BCUT2D eigenvalue weighted by atomic mass is 16.6. The van der Waals surface area contributed by atoms with Crippen LogP contribution in [0, 0.1) is 0 Å². The smallest absolute Gasteiger partial charge is 0.339 e. The molecule has 0 N–H and O–H groups in total. The van der Waals surface area contributed by atoms with Gasteiger partial charge < -0.3 is 18.9 Å². The first-order valence-corrected chi connectivity index (χ1v) is 10.1. The first kappa shape index (κ1) is 26.2. The average molecular weight is 468 g/mol. The number of nitrogens with zero attached hydrogens (tertiary/aromatic N) is 6. The van der Waals surface area contributed by atoms with Crippen molar-refractivity contribution in [2.24, 2.45) is 10.2 Å². The van der Waals surface area contributed by atoms with E-state index in [9.17, 15) is 9.59 Å². The summed E-state index contributed by atoms with van der Waals surface area (Å²) in [5, 5.41) is 7.10. The molecule has 34 heavy (non-hydrogen) atoms. The third-order valence-electron chi connectivity index (χ3n) is 4.74. The zero-order valence-corrected chi connectivity index (χ0v) is 18.6. The molecular weight excluding hydrogens is 444 g/mol. The van der Waals surface area contributed by atoms with E-state index in [0.717, 1.165) is 0 Å². The van der Waals surface area contributed by atoms with E-state index in [0.29, 0.717) is 11.1 Å². The van der Waals surface area contributed by atoms with Gasteiger partial charge in [-0.15, -0.1) is 0 Å². The Morgan fingerprint density at radius 3 is 1.38 bits per heavy atom. The summed E-state index contributed by atoms with van der Waals surface area (Å²) in [4.78, 5) is 30.5. The largest absolute Gasteiger partial charge is 0.463 e. The molecular formula is C22H24N6O6. The molecule has 2 aromatic carbocycles. The number of rotatable bonds is 13. The molecule has 178 valence electrons. The van der Waals surface area contributed by atoms with Gasteiger partial charge in [-0.25, -0.2) is 9.59 Å². The third kappa shape index (κ3) is 7.51. The number of hydrogen-bond acceptors (Lipinski definition) is 8. The topological polar surface area (TPSA) is 169 Å². The zero-order chi connectivity index (χ0) is 24.8. The summed E-state index contributed by atoms with van der Waals surface area (Å²) in [6.07, 6.45) is -2.01. The van der Waals surface area contributed by atoms with Gasteiger partial charge in [0.05, 0.1) is 12.1 Å². The lowest BCUT2D eigenvalue weighted by Gasteiger charge is -2.22. The van der Waals surface area contributed by atoms with Gasteiger partial charge in [-0.2, -0.15) is 0 Å². The highest BCUT2D eigenvalue weighted by molar-refractivity contribution is 5.77. The number of ether oxygens (including phenoxy) is 4. The summed E-state index contributed by atoms with van der Waals surface area (Å²) in [6, 6.07) is 15.1. The van der Waals surface area contributed by atoms with E-state index < -0.39 is 49.4 Å². The van der Waals surface area contributed by atoms with Crippen molar-refractivity contribution in [3.8, 4) is 0 Å². The minimum absolute atomic E-state index is 0.427. The second-order valence-corrected chi connectivity index (χ2v) is 6.86. The molecule has 0 fully saturated rings. The minimum atomic E-state index is -1.14. The molecule has 0 aliphatic carbocycles. The lowest BCUT2D eigenvalue weighted by molar-refractivity contribution is -0.159. The minimum Gasteiger partial charge on any atom is -0.463 e. The molecule has 0 bridgehead atoms. The highest BCUT2D eigenvalue weighted by Gasteiger charge is 2.28. The predicted octanol–water partition coefficient (Wildman–Crippen LogP) is 4.21. The van der Waals surface area contributed by atoms with Gasteiger partial charge in [-0.1, -0.05) is 70.9 Å². The summed E-state index contributed by atoms with van der Waals surface area (Å²) >= 11 is 0. The fourth-order valence-corrected chi connectivity index (χ4v) is 3.05. The molecule has 0 radical (unpaired) electrons. The van der Waals surface area contributed by atoms with E-state index in [-0.39, 0.29) is 0 Å². The summed E-state index contributed by atoms with van der Waals surface area (Å²) in [7, 11) is 2.70. The number of azide groups is 2. The predicted molar refractivity (Wildman–Crippen MR) is 120 cm³/mol. The Morgan fingerprint density at radius 1 is 0.735 bits per heavy atom. The molecule has 0 spiro atoms. The van der Waals surface area contributed by atoms with E-state index >= 15 is 0 Å². The maximum Gasteiger partial charge on any atom is 0.339 e. The van der Waals surface area contributed by atoms with Crippen LogP contribution in [0.2, 0.25) is 0 Å². The average Bonchev–Trinajstić information content (AvgIpc) is 2.86. The standard InChI is InChI=1S/C22H24N6O6/c1-31-19(15-9-5-3-6-10-15)21(29)33-13-17(25-27-23)18(26-28-24)14-34-22(30)20(32-2)16-11-7-4-8-12-16/h3-12,17-20H,13-14H2,1-2H3/t17-,18-,19-,20-/m0/s1. The molecule has 0 unspecified atom stereocenters. The Kier molecular flexibility index (Phi) is 10.9. The first-order chi connectivity index (χ1) is 16.5. The SMILES string of the molecule is CO[C@H](C(=O)OC[C@H](N=[N+]=[N-])[C@H](COC(=O)[C@@H](OC)c1ccccc1)N=[N+]=[N-])c1ccccc1. The molecule has 0 aliphatic heterocycles. The Bertz CT molecular complexity index is 941.